The van der Waals surface area contributed by atoms with Crippen molar-refractivity contribution in [1.82, 2.24) is 5.32 Å². The minimum Gasteiger partial charge on any atom is -0.497 e. The van der Waals surface area contributed by atoms with E-state index in [1.54, 1.807) is 21.3 Å². The molecular formula is C14H21NO3. The molecular weight excluding hydrogens is 230 g/mol. The second kappa shape index (κ2) is 6.07. The van der Waals surface area contributed by atoms with E-state index in [0.717, 1.165) is 30.9 Å². The smallest absolute Gasteiger partial charge is 0.122 e. The molecule has 0 aliphatic heterocycles. The number of ether oxygens (including phenoxy) is 3. The summed E-state index contributed by atoms with van der Waals surface area (Å²) in [5.74, 6) is 1.66. The minimum absolute atomic E-state index is 0.433. The van der Waals surface area contributed by atoms with Gasteiger partial charge in [-0.3, -0.25) is 0 Å². The summed E-state index contributed by atoms with van der Waals surface area (Å²) >= 11 is 0. The second-order valence-corrected chi connectivity index (χ2v) is 4.63. The van der Waals surface area contributed by atoms with Crippen LogP contribution in [0.15, 0.2) is 18.2 Å². The molecule has 1 N–H and O–H groups in total. The van der Waals surface area contributed by atoms with Crippen molar-refractivity contribution in [1.29, 1.82) is 0 Å². The molecule has 1 aliphatic carbocycles. The molecule has 100 valence electrons. The number of hydrogen-bond donors (Lipinski definition) is 1. The average Bonchev–Trinajstić information content (AvgIpc) is 2.36. The number of hydrogen-bond acceptors (Lipinski definition) is 4. The Morgan fingerprint density at radius 1 is 1.06 bits per heavy atom. The van der Waals surface area contributed by atoms with Crippen LogP contribution in [0.1, 0.15) is 18.4 Å². The second-order valence-electron chi connectivity index (χ2n) is 4.63. The van der Waals surface area contributed by atoms with Crippen molar-refractivity contribution in [2.45, 2.75) is 31.5 Å². The van der Waals surface area contributed by atoms with Crippen molar-refractivity contribution in [3.8, 4) is 11.5 Å². The summed E-state index contributed by atoms with van der Waals surface area (Å²) in [4.78, 5) is 0. The monoisotopic (exact) mass is 251 g/mol. The highest BCUT2D eigenvalue weighted by Crippen LogP contribution is 2.25. The van der Waals surface area contributed by atoms with Crippen LogP contribution < -0.4 is 14.8 Å². The van der Waals surface area contributed by atoms with Gasteiger partial charge in [-0.2, -0.15) is 0 Å². The lowest BCUT2D eigenvalue weighted by molar-refractivity contribution is 0.0170. The van der Waals surface area contributed by atoms with Crippen molar-refractivity contribution < 1.29 is 14.2 Å². The van der Waals surface area contributed by atoms with Gasteiger partial charge < -0.3 is 19.5 Å². The fraction of sp³-hybridized carbons (Fsp3) is 0.571. The lowest BCUT2D eigenvalue weighted by Crippen LogP contribution is -2.44. The van der Waals surface area contributed by atoms with Gasteiger partial charge in [-0.1, -0.05) is 0 Å². The maximum atomic E-state index is 5.26. The van der Waals surface area contributed by atoms with Gasteiger partial charge in [-0.05, 0) is 30.5 Å². The Labute approximate surface area is 108 Å². The summed E-state index contributed by atoms with van der Waals surface area (Å²) in [7, 11) is 5.11. The highest BCUT2D eigenvalue weighted by Gasteiger charge is 2.28. The Hall–Kier alpha value is -1.26. The molecule has 2 rings (SSSR count). The Kier molecular flexibility index (Phi) is 4.44. The molecule has 0 bridgehead atoms. The van der Waals surface area contributed by atoms with Crippen molar-refractivity contribution >= 4 is 0 Å². The first-order valence-corrected chi connectivity index (χ1v) is 6.23. The number of benzene rings is 1. The maximum absolute atomic E-state index is 5.26. The molecule has 0 amide bonds. The Morgan fingerprint density at radius 3 is 2.17 bits per heavy atom. The summed E-state index contributed by atoms with van der Waals surface area (Å²) in [6.07, 6.45) is 2.62. The molecule has 0 saturated heterocycles. The third-order valence-electron chi connectivity index (χ3n) is 3.43. The van der Waals surface area contributed by atoms with Gasteiger partial charge in [-0.15, -0.1) is 0 Å². The zero-order valence-corrected chi connectivity index (χ0v) is 11.2. The molecule has 18 heavy (non-hydrogen) atoms. The standard InChI is InChI=1S/C14H21NO3/c1-16-12-4-10(5-13(8-12)17-2)9-15-11-6-14(7-11)18-3/h4-5,8,11,14-15H,6-7,9H2,1-3H3. The molecule has 0 heterocycles. The average molecular weight is 251 g/mol. The summed E-state index contributed by atoms with van der Waals surface area (Å²) in [6.45, 7) is 0.828. The summed E-state index contributed by atoms with van der Waals surface area (Å²) in [5.41, 5.74) is 1.17. The lowest BCUT2D eigenvalue weighted by Gasteiger charge is -2.34. The fourth-order valence-corrected chi connectivity index (χ4v) is 2.16. The Balaban J connectivity index is 1.88. The maximum Gasteiger partial charge on any atom is 0.122 e. The Morgan fingerprint density at radius 2 is 1.67 bits per heavy atom. The molecule has 0 atom stereocenters. The SMILES string of the molecule is COc1cc(CNC2CC(OC)C2)cc(OC)c1. The van der Waals surface area contributed by atoms with Crippen molar-refractivity contribution in [3.05, 3.63) is 23.8 Å². The van der Waals surface area contributed by atoms with Gasteiger partial charge in [-0.25, -0.2) is 0 Å². The van der Waals surface area contributed by atoms with Crippen molar-refractivity contribution in [3.63, 3.8) is 0 Å². The van der Waals surface area contributed by atoms with E-state index in [0.29, 0.717) is 12.1 Å². The first kappa shape index (κ1) is 13.2. The van der Waals surface area contributed by atoms with Crippen LogP contribution in [0.3, 0.4) is 0 Å². The lowest BCUT2D eigenvalue weighted by atomic mass is 9.89. The first-order chi connectivity index (χ1) is 8.75. The molecule has 1 aromatic carbocycles. The van der Waals surface area contributed by atoms with Crippen LogP contribution in [-0.2, 0) is 11.3 Å². The minimum atomic E-state index is 0.433. The first-order valence-electron chi connectivity index (χ1n) is 6.23. The van der Waals surface area contributed by atoms with E-state index in [4.69, 9.17) is 14.2 Å². The zero-order chi connectivity index (χ0) is 13.0. The number of nitrogens with one attached hydrogen (secondary N) is 1. The van der Waals surface area contributed by atoms with Gasteiger partial charge in [0.05, 0.1) is 20.3 Å². The van der Waals surface area contributed by atoms with Gasteiger partial charge in [0, 0.05) is 25.8 Å². The van der Waals surface area contributed by atoms with Crippen LogP contribution in [0.25, 0.3) is 0 Å². The van der Waals surface area contributed by atoms with E-state index in [1.165, 1.54) is 5.56 Å². The quantitative estimate of drug-likeness (QED) is 0.839. The molecule has 1 saturated carbocycles. The molecule has 0 unspecified atom stereocenters. The van der Waals surface area contributed by atoms with Crippen molar-refractivity contribution in [2.24, 2.45) is 0 Å². The van der Waals surface area contributed by atoms with E-state index in [1.807, 2.05) is 18.2 Å². The van der Waals surface area contributed by atoms with Gasteiger partial charge in [0.2, 0.25) is 0 Å². The Bertz CT molecular complexity index is 366. The van der Waals surface area contributed by atoms with Crippen LogP contribution >= 0.6 is 0 Å². The van der Waals surface area contributed by atoms with Crippen molar-refractivity contribution in [2.75, 3.05) is 21.3 Å². The van der Waals surface area contributed by atoms with Crippen LogP contribution in [-0.4, -0.2) is 33.5 Å². The molecule has 4 nitrogen and oxygen atoms in total. The summed E-state index contributed by atoms with van der Waals surface area (Å²) in [5, 5.41) is 3.51. The van der Waals surface area contributed by atoms with Crippen LogP contribution in [0.5, 0.6) is 11.5 Å². The normalized spacial score (nSPS) is 22.4. The van der Waals surface area contributed by atoms with E-state index < -0.39 is 0 Å². The van der Waals surface area contributed by atoms with Crippen LogP contribution in [0.4, 0.5) is 0 Å². The largest absolute Gasteiger partial charge is 0.497 e. The van der Waals surface area contributed by atoms with E-state index in [-0.39, 0.29) is 0 Å². The molecule has 1 aliphatic rings. The molecule has 0 radical (unpaired) electrons. The number of methoxy groups -OCH3 is 3. The molecule has 4 heteroatoms. The van der Waals surface area contributed by atoms with Gasteiger partial charge in [0.1, 0.15) is 11.5 Å². The molecule has 0 aromatic heterocycles. The summed E-state index contributed by atoms with van der Waals surface area (Å²) in [6, 6.07) is 6.50. The summed E-state index contributed by atoms with van der Waals surface area (Å²) < 4.78 is 15.8. The van der Waals surface area contributed by atoms with Gasteiger partial charge >= 0.3 is 0 Å². The topological polar surface area (TPSA) is 39.7 Å². The number of rotatable bonds is 6. The highest BCUT2D eigenvalue weighted by atomic mass is 16.5. The van der Waals surface area contributed by atoms with E-state index >= 15 is 0 Å². The van der Waals surface area contributed by atoms with Gasteiger partial charge in [0.25, 0.3) is 0 Å². The molecule has 1 aromatic rings. The third-order valence-corrected chi connectivity index (χ3v) is 3.43. The van der Waals surface area contributed by atoms with E-state index in [9.17, 15) is 0 Å². The van der Waals surface area contributed by atoms with Crippen LogP contribution in [0, 0.1) is 0 Å². The highest BCUT2D eigenvalue weighted by molar-refractivity contribution is 5.38. The van der Waals surface area contributed by atoms with Crippen LogP contribution in [0.2, 0.25) is 0 Å². The molecule has 1 fully saturated rings. The third kappa shape index (κ3) is 3.15. The molecule has 0 spiro atoms. The van der Waals surface area contributed by atoms with Gasteiger partial charge in [0.15, 0.2) is 0 Å². The predicted molar refractivity (Wildman–Crippen MR) is 70.2 cm³/mol. The predicted octanol–water partition coefficient (Wildman–Crippen LogP) is 1.97. The zero-order valence-electron chi connectivity index (χ0n) is 11.2. The van der Waals surface area contributed by atoms with E-state index in [2.05, 4.69) is 5.32 Å². The fourth-order valence-electron chi connectivity index (χ4n) is 2.16.